The van der Waals surface area contributed by atoms with Crippen molar-refractivity contribution in [3.63, 3.8) is 0 Å². The molecule has 0 aliphatic heterocycles. The summed E-state index contributed by atoms with van der Waals surface area (Å²) in [6.07, 6.45) is 0.486. The predicted molar refractivity (Wildman–Crippen MR) is 141 cm³/mol. The molecule has 2 rings (SSSR count). The highest BCUT2D eigenvalue weighted by Crippen LogP contribution is 2.31. The van der Waals surface area contributed by atoms with Gasteiger partial charge in [-0.15, -0.1) is 0 Å². The van der Waals surface area contributed by atoms with E-state index in [4.69, 9.17) is 9.47 Å². The van der Waals surface area contributed by atoms with Gasteiger partial charge in [-0.2, -0.15) is 13.2 Å². The molecular formula is C29H44F3NO3. The van der Waals surface area contributed by atoms with E-state index in [-0.39, 0.29) is 12.1 Å². The molecule has 0 saturated heterocycles. The number of rotatable bonds is 11. The Balaban J connectivity index is 0.000000541. The molecule has 0 fully saturated rings. The van der Waals surface area contributed by atoms with Crippen molar-refractivity contribution in [3.8, 4) is 0 Å². The first-order valence-corrected chi connectivity index (χ1v) is 12.6. The summed E-state index contributed by atoms with van der Waals surface area (Å²) in [6.45, 7) is 9.36. The van der Waals surface area contributed by atoms with Gasteiger partial charge in [-0.1, -0.05) is 67.8 Å². The molecule has 2 aromatic carbocycles. The molecular weight excluding hydrogens is 467 g/mol. The molecule has 0 heterocycles. The first-order valence-electron chi connectivity index (χ1n) is 12.6. The number of esters is 1. The van der Waals surface area contributed by atoms with Crippen molar-refractivity contribution in [3.05, 3.63) is 71.3 Å². The SMILES string of the molecule is CCCC(CCNC)CCC(=O)OCC.COC(C)c1cccc(C(F)(F)F)c1.Cc1ccccc1. The number of ether oxygens (including phenoxy) is 2. The summed E-state index contributed by atoms with van der Waals surface area (Å²) in [5.74, 6) is 0.606. The molecule has 7 heteroatoms. The fraction of sp³-hybridized carbons (Fsp3) is 0.552. The van der Waals surface area contributed by atoms with Crippen molar-refractivity contribution in [2.45, 2.75) is 72.1 Å². The molecule has 1 N–H and O–H groups in total. The van der Waals surface area contributed by atoms with Crippen LogP contribution in [0.25, 0.3) is 0 Å². The predicted octanol–water partition coefficient (Wildman–Crippen LogP) is 7.76. The van der Waals surface area contributed by atoms with Crippen molar-refractivity contribution >= 4 is 5.97 Å². The number of alkyl halides is 3. The van der Waals surface area contributed by atoms with Crippen molar-refractivity contribution in [2.24, 2.45) is 5.92 Å². The molecule has 0 saturated carbocycles. The zero-order chi connectivity index (χ0) is 27.4. The van der Waals surface area contributed by atoms with Crippen LogP contribution in [0.5, 0.6) is 0 Å². The zero-order valence-electron chi connectivity index (χ0n) is 22.7. The van der Waals surface area contributed by atoms with Gasteiger partial charge in [-0.3, -0.25) is 4.79 Å². The standard InChI is InChI=1S/C12H25NO2.C10H11F3O.C7H8/c1-4-6-11(9-10-13-3)7-8-12(14)15-5-2;1-7(14-2)8-4-3-5-9(6-8)10(11,12)13;1-7-5-3-2-4-6-7/h11,13H,4-10H2,1-3H3;3-7H,1-2H3;2-6H,1H3. The van der Waals surface area contributed by atoms with Gasteiger partial charge in [0.15, 0.2) is 0 Å². The lowest BCUT2D eigenvalue weighted by molar-refractivity contribution is -0.143. The van der Waals surface area contributed by atoms with Crippen molar-refractivity contribution < 1.29 is 27.4 Å². The molecule has 0 aromatic heterocycles. The Morgan fingerprint density at radius 2 is 1.67 bits per heavy atom. The second kappa shape index (κ2) is 19.8. The molecule has 0 radical (unpaired) electrons. The molecule has 0 spiro atoms. The summed E-state index contributed by atoms with van der Waals surface area (Å²) in [4.78, 5) is 11.2. The summed E-state index contributed by atoms with van der Waals surface area (Å²) >= 11 is 0. The third-order valence-electron chi connectivity index (χ3n) is 5.54. The van der Waals surface area contributed by atoms with Crippen LogP contribution in [0.1, 0.15) is 75.7 Å². The Morgan fingerprint density at radius 3 is 2.14 bits per heavy atom. The van der Waals surface area contributed by atoms with E-state index in [1.54, 1.807) is 13.0 Å². The number of nitrogens with one attached hydrogen (secondary N) is 1. The second-order valence-corrected chi connectivity index (χ2v) is 8.55. The monoisotopic (exact) mass is 511 g/mol. The van der Waals surface area contributed by atoms with Crippen LogP contribution < -0.4 is 5.32 Å². The molecule has 36 heavy (non-hydrogen) atoms. The van der Waals surface area contributed by atoms with Crippen LogP contribution in [0.4, 0.5) is 13.2 Å². The van der Waals surface area contributed by atoms with Crippen molar-refractivity contribution in [2.75, 3.05) is 27.3 Å². The second-order valence-electron chi connectivity index (χ2n) is 8.55. The Kier molecular flexibility index (Phi) is 18.5. The van der Waals surface area contributed by atoms with E-state index >= 15 is 0 Å². The molecule has 4 nitrogen and oxygen atoms in total. The number of benzene rings is 2. The normalized spacial score (nSPS) is 12.4. The quantitative estimate of drug-likeness (QED) is 0.313. The fourth-order valence-electron chi connectivity index (χ4n) is 3.38. The van der Waals surface area contributed by atoms with E-state index in [1.165, 1.54) is 31.6 Å². The number of methoxy groups -OCH3 is 1. The topological polar surface area (TPSA) is 47.6 Å². The highest BCUT2D eigenvalue weighted by Gasteiger charge is 2.30. The van der Waals surface area contributed by atoms with Gasteiger partial charge in [-0.25, -0.2) is 0 Å². The summed E-state index contributed by atoms with van der Waals surface area (Å²) in [7, 11) is 3.43. The smallest absolute Gasteiger partial charge is 0.416 e. The maximum atomic E-state index is 12.3. The number of carbonyl (C=O) groups is 1. The molecule has 204 valence electrons. The maximum absolute atomic E-state index is 12.3. The van der Waals surface area contributed by atoms with Crippen LogP contribution in [0.15, 0.2) is 54.6 Å². The maximum Gasteiger partial charge on any atom is 0.416 e. The van der Waals surface area contributed by atoms with Gasteiger partial charge in [0.2, 0.25) is 0 Å². The molecule has 0 aliphatic carbocycles. The van der Waals surface area contributed by atoms with E-state index in [1.807, 2.05) is 32.2 Å². The summed E-state index contributed by atoms with van der Waals surface area (Å²) in [6, 6.07) is 15.4. The lowest BCUT2D eigenvalue weighted by Gasteiger charge is -2.15. The number of aryl methyl sites for hydroxylation is 1. The van der Waals surface area contributed by atoms with Gasteiger partial charge in [0.1, 0.15) is 0 Å². The average Bonchev–Trinajstić information content (AvgIpc) is 2.86. The Hall–Kier alpha value is -2.38. The van der Waals surface area contributed by atoms with Crippen LogP contribution in [-0.2, 0) is 20.4 Å². The fourth-order valence-corrected chi connectivity index (χ4v) is 3.38. The van der Waals surface area contributed by atoms with E-state index in [0.29, 0.717) is 24.5 Å². The van der Waals surface area contributed by atoms with E-state index < -0.39 is 11.7 Å². The number of carbonyl (C=O) groups excluding carboxylic acids is 1. The van der Waals surface area contributed by atoms with Crippen LogP contribution in [0, 0.1) is 12.8 Å². The van der Waals surface area contributed by atoms with Gasteiger partial charge in [0.05, 0.1) is 18.3 Å². The lowest BCUT2D eigenvalue weighted by atomic mass is 9.94. The Labute approximate surface area is 215 Å². The Morgan fingerprint density at radius 1 is 1.00 bits per heavy atom. The number of hydrogen-bond donors (Lipinski definition) is 1. The van der Waals surface area contributed by atoms with Gasteiger partial charge in [-0.05, 0) is 70.8 Å². The van der Waals surface area contributed by atoms with Crippen molar-refractivity contribution in [1.82, 2.24) is 5.32 Å². The highest BCUT2D eigenvalue weighted by atomic mass is 19.4. The zero-order valence-corrected chi connectivity index (χ0v) is 22.7. The number of hydrogen-bond acceptors (Lipinski definition) is 4. The summed E-state index contributed by atoms with van der Waals surface area (Å²) in [5, 5.41) is 3.15. The van der Waals surface area contributed by atoms with Crippen molar-refractivity contribution in [1.29, 1.82) is 0 Å². The first-order chi connectivity index (χ1) is 17.1. The molecule has 0 aliphatic rings. The minimum Gasteiger partial charge on any atom is -0.466 e. The average molecular weight is 512 g/mol. The van der Waals surface area contributed by atoms with E-state index in [9.17, 15) is 18.0 Å². The van der Waals surface area contributed by atoms with Gasteiger partial charge in [0, 0.05) is 13.5 Å². The number of halogens is 3. The van der Waals surface area contributed by atoms with Crippen LogP contribution >= 0.6 is 0 Å². The summed E-state index contributed by atoms with van der Waals surface area (Å²) in [5.41, 5.74) is 1.21. The third-order valence-corrected chi connectivity index (χ3v) is 5.54. The van der Waals surface area contributed by atoms with Gasteiger partial charge in [0.25, 0.3) is 0 Å². The molecule has 2 atom stereocenters. The molecule has 2 unspecified atom stereocenters. The lowest BCUT2D eigenvalue weighted by Crippen LogP contribution is -2.15. The molecule has 0 bridgehead atoms. The largest absolute Gasteiger partial charge is 0.466 e. The minimum absolute atomic E-state index is 0.0527. The highest BCUT2D eigenvalue weighted by molar-refractivity contribution is 5.69. The minimum atomic E-state index is -4.29. The van der Waals surface area contributed by atoms with Gasteiger partial charge < -0.3 is 14.8 Å². The van der Waals surface area contributed by atoms with E-state index in [0.717, 1.165) is 31.5 Å². The van der Waals surface area contributed by atoms with Crippen LogP contribution in [0.2, 0.25) is 0 Å². The van der Waals surface area contributed by atoms with Gasteiger partial charge >= 0.3 is 12.1 Å². The van der Waals surface area contributed by atoms with Crippen LogP contribution in [0.3, 0.4) is 0 Å². The molecule has 2 aromatic rings. The van der Waals surface area contributed by atoms with E-state index in [2.05, 4.69) is 31.3 Å². The Bertz CT molecular complexity index is 813. The molecule has 0 amide bonds. The van der Waals surface area contributed by atoms with Crippen LogP contribution in [-0.4, -0.2) is 33.3 Å². The third kappa shape index (κ3) is 16.3. The summed E-state index contributed by atoms with van der Waals surface area (Å²) < 4.78 is 46.7. The first kappa shape index (κ1) is 33.6.